The second kappa shape index (κ2) is 6.04. The van der Waals surface area contributed by atoms with Crippen molar-refractivity contribution in [1.82, 2.24) is 15.3 Å². The van der Waals surface area contributed by atoms with E-state index in [0.717, 1.165) is 6.26 Å². The van der Waals surface area contributed by atoms with Crippen LogP contribution in [0.2, 0.25) is 0 Å². The Labute approximate surface area is 122 Å². The smallest absolute Gasteiger partial charge is 0.314 e. The van der Waals surface area contributed by atoms with E-state index in [9.17, 15) is 13.2 Å². The van der Waals surface area contributed by atoms with Crippen LogP contribution in [0, 0.1) is 0 Å². The molecule has 0 spiro atoms. The lowest BCUT2D eigenvalue weighted by molar-refractivity contribution is 0.0934. The van der Waals surface area contributed by atoms with Gasteiger partial charge in [-0.3, -0.25) is 9.78 Å². The molecule has 0 saturated carbocycles. The molecule has 1 atom stereocenters. The van der Waals surface area contributed by atoms with Crippen molar-refractivity contribution in [1.29, 1.82) is 0 Å². The summed E-state index contributed by atoms with van der Waals surface area (Å²) in [7, 11) is -3.50. The summed E-state index contributed by atoms with van der Waals surface area (Å²) in [6.45, 7) is 1.85. The standard InChI is InChI=1S/C13H15N3O4S/c1-3-10(11-8-20-13(16-11)21(2,18)19)15-12(17)9-4-6-14-7-5-9/h4-8,10H,3H2,1-2H3,(H,15,17)/t10-/m0/s1. The van der Waals surface area contributed by atoms with Crippen LogP contribution in [0.5, 0.6) is 0 Å². The van der Waals surface area contributed by atoms with Crippen LogP contribution in [-0.4, -0.2) is 30.5 Å². The Hall–Kier alpha value is -2.22. The van der Waals surface area contributed by atoms with Crippen molar-refractivity contribution in [2.24, 2.45) is 0 Å². The molecule has 0 saturated heterocycles. The first kappa shape index (κ1) is 15.2. The normalized spacial score (nSPS) is 12.9. The summed E-state index contributed by atoms with van der Waals surface area (Å²) in [6.07, 6.45) is 5.85. The Morgan fingerprint density at radius 2 is 2.05 bits per heavy atom. The van der Waals surface area contributed by atoms with Gasteiger partial charge in [-0.1, -0.05) is 6.92 Å². The SMILES string of the molecule is CC[C@H](NC(=O)c1ccncc1)c1coc(S(C)(=O)=O)n1. The zero-order valence-electron chi connectivity index (χ0n) is 11.6. The van der Waals surface area contributed by atoms with Crippen LogP contribution in [0.1, 0.15) is 35.4 Å². The van der Waals surface area contributed by atoms with E-state index in [2.05, 4.69) is 15.3 Å². The lowest BCUT2D eigenvalue weighted by Gasteiger charge is -2.14. The van der Waals surface area contributed by atoms with Crippen molar-refractivity contribution in [3.8, 4) is 0 Å². The molecule has 2 aromatic rings. The van der Waals surface area contributed by atoms with E-state index < -0.39 is 15.9 Å². The van der Waals surface area contributed by atoms with Gasteiger partial charge in [0.1, 0.15) is 12.0 Å². The second-order valence-corrected chi connectivity index (χ2v) is 6.37. The number of oxazole rings is 1. The third-order valence-corrected chi connectivity index (χ3v) is 3.65. The highest BCUT2D eigenvalue weighted by Gasteiger charge is 2.21. The first-order chi connectivity index (χ1) is 9.91. The van der Waals surface area contributed by atoms with Gasteiger partial charge >= 0.3 is 5.22 Å². The molecule has 8 heteroatoms. The van der Waals surface area contributed by atoms with Crippen LogP contribution < -0.4 is 5.32 Å². The van der Waals surface area contributed by atoms with Gasteiger partial charge in [0.15, 0.2) is 0 Å². The molecule has 7 nitrogen and oxygen atoms in total. The van der Waals surface area contributed by atoms with Crippen molar-refractivity contribution in [2.75, 3.05) is 6.26 Å². The number of nitrogens with zero attached hydrogens (tertiary/aromatic N) is 2. The fourth-order valence-corrected chi connectivity index (χ4v) is 2.22. The molecule has 2 heterocycles. The molecule has 1 N–H and O–H groups in total. The summed E-state index contributed by atoms with van der Waals surface area (Å²) < 4.78 is 27.6. The van der Waals surface area contributed by atoms with Crippen LogP contribution in [0.15, 0.2) is 40.4 Å². The van der Waals surface area contributed by atoms with Gasteiger partial charge in [0.25, 0.3) is 5.91 Å². The lowest BCUT2D eigenvalue weighted by Crippen LogP contribution is -2.28. The molecule has 2 aromatic heterocycles. The number of carbonyl (C=O) groups is 1. The molecule has 2 rings (SSSR count). The summed E-state index contributed by atoms with van der Waals surface area (Å²) in [4.78, 5) is 19.8. The minimum atomic E-state index is -3.50. The summed E-state index contributed by atoms with van der Waals surface area (Å²) in [5.41, 5.74) is 0.843. The number of hydrogen-bond donors (Lipinski definition) is 1. The number of aromatic nitrogens is 2. The zero-order valence-corrected chi connectivity index (χ0v) is 12.4. The zero-order chi connectivity index (χ0) is 15.5. The molecule has 0 radical (unpaired) electrons. The number of carbonyl (C=O) groups excluding carboxylic acids is 1. The Bertz CT molecular complexity index is 725. The molecule has 0 fully saturated rings. The Morgan fingerprint density at radius 1 is 1.38 bits per heavy atom. The average Bonchev–Trinajstić information content (AvgIpc) is 2.95. The molecular weight excluding hydrogens is 294 g/mol. The van der Waals surface area contributed by atoms with Gasteiger partial charge in [0, 0.05) is 24.2 Å². The van der Waals surface area contributed by atoms with Crippen molar-refractivity contribution in [2.45, 2.75) is 24.6 Å². The quantitative estimate of drug-likeness (QED) is 0.894. The fraction of sp³-hybridized carbons (Fsp3) is 0.308. The van der Waals surface area contributed by atoms with Crippen molar-refractivity contribution in [3.05, 3.63) is 42.0 Å². The monoisotopic (exact) mass is 309 g/mol. The topological polar surface area (TPSA) is 102 Å². The number of amides is 1. The van der Waals surface area contributed by atoms with Gasteiger partial charge in [0.05, 0.1) is 6.04 Å². The maximum absolute atomic E-state index is 12.1. The van der Waals surface area contributed by atoms with Gasteiger partial charge in [-0.2, -0.15) is 0 Å². The Kier molecular flexibility index (Phi) is 4.37. The summed E-state index contributed by atoms with van der Waals surface area (Å²) in [5.74, 6) is -0.284. The molecule has 0 aliphatic heterocycles. The van der Waals surface area contributed by atoms with E-state index in [1.807, 2.05) is 6.92 Å². The predicted octanol–water partition coefficient (Wildman–Crippen LogP) is 1.35. The molecule has 0 unspecified atom stereocenters. The van der Waals surface area contributed by atoms with Crippen molar-refractivity contribution in [3.63, 3.8) is 0 Å². The van der Waals surface area contributed by atoms with E-state index >= 15 is 0 Å². The van der Waals surface area contributed by atoms with Gasteiger partial charge in [-0.25, -0.2) is 13.4 Å². The Balaban J connectivity index is 2.17. The van der Waals surface area contributed by atoms with E-state index in [1.54, 1.807) is 12.1 Å². The van der Waals surface area contributed by atoms with Gasteiger partial charge < -0.3 is 9.73 Å². The van der Waals surface area contributed by atoms with Crippen LogP contribution in [-0.2, 0) is 9.84 Å². The summed E-state index contributed by atoms with van der Waals surface area (Å²) in [6, 6.07) is 2.75. The summed E-state index contributed by atoms with van der Waals surface area (Å²) >= 11 is 0. The highest BCUT2D eigenvalue weighted by atomic mass is 32.2. The molecule has 112 valence electrons. The van der Waals surface area contributed by atoms with Gasteiger partial charge in [-0.15, -0.1) is 0 Å². The fourth-order valence-electron chi connectivity index (χ4n) is 1.73. The number of pyridine rings is 1. The first-order valence-electron chi connectivity index (χ1n) is 6.28. The Morgan fingerprint density at radius 3 is 2.57 bits per heavy atom. The van der Waals surface area contributed by atoms with Crippen LogP contribution in [0.25, 0.3) is 0 Å². The van der Waals surface area contributed by atoms with Crippen LogP contribution >= 0.6 is 0 Å². The van der Waals surface area contributed by atoms with E-state index in [0.29, 0.717) is 17.7 Å². The van der Waals surface area contributed by atoms with E-state index in [1.165, 1.54) is 18.7 Å². The van der Waals surface area contributed by atoms with Crippen LogP contribution in [0.3, 0.4) is 0 Å². The third kappa shape index (κ3) is 3.66. The number of nitrogens with one attached hydrogen (secondary N) is 1. The molecular formula is C13H15N3O4S. The average molecular weight is 309 g/mol. The van der Waals surface area contributed by atoms with Gasteiger partial charge in [0.2, 0.25) is 9.84 Å². The number of hydrogen-bond acceptors (Lipinski definition) is 6. The minimum absolute atomic E-state index is 0.284. The highest BCUT2D eigenvalue weighted by Crippen LogP contribution is 2.18. The largest absolute Gasteiger partial charge is 0.436 e. The maximum atomic E-state index is 12.1. The van der Waals surface area contributed by atoms with E-state index in [-0.39, 0.29) is 11.1 Å². The third-order valence-electron chi connectivity index (χ3n) is 2.83. The van der Waals surface area contributed by atoms with Crippen molar-refractivity contribution < 1.29 is 17.6 Å². The van der Waals surface area contributed by atoms with E-state index in [4.69, 9.17) is 4.42 Å². The first-order valence-corrected chi connectivity index (χ1v) is 8.17. The molecule has 1 amide bonds. The molecule has 0 bridgehead atoms. The van der Waals surface area contributed by atoms with Crippen molar-refractivity contribution >= 4 is 15.7 Å². The van der Waals surface area contributed by atoms with Gasteiger partial charge in [-0.05, 0) is 18.6 Å². The highest BCUT2D eigenvalue weighted by molar-refractivity contribution is 7.90. The van der Waals surface area contributed by atoms with Crippen LogP contribution in [0.4, 0.5) is 0 Å². The maximum Gasteiger partial charge on any atom is 0.314 e. The molecule has 0 aromatic carbocycles. The summed E-state index contributed by atoms with van der Waals surface area (Å²) in [5, 5.41) is 2.43. The molecule has 0 aliphatic carbocycles. The molecule has 0 aliphatic rings. The second-order valence-electron chi connectivity index (χ2n) is 4.48. The number of sulfone groups is 1. The molecule has 21 heavy (non-hydrogen) atoms. The number of rotatable bonds is 5. The predicted molar refractivity (Wildman–Crippen MR) is 74.3 cm³/mol. The minimum Gasteiger partial charge on any atom is -0.436 e. The lowest BCUT2D eigenvalue weighted by atomic mass is 10.1.